The maximum Gasteiger partial charge on any atom is 0.00952 e. The molecule has 0 heterocycles. The molecule has 0 radical (unpaired) electrons. The Morgan fingerprint density at radius 3 is 2.05 bits per heavy atom. The topological polar surface area (TPSA) is 29.3 Å². The summed E-state index contributed by atoms with van der Waals surface area (Å²) in [6.45, 7) is 12.7. The summed E-state index contributed by atoms with van der Waals surface area (Å²) < 4.78 is 0. The van der Waals surface area contributed by atoms with Crippen molar-refractivity contribution >= 4 is 0 Å². The van der Waals surface area contributed by atoms with E-state index in [1.165, 1.54) is 58.0 Å². The van der Waals surface area contributed by atoms with Gasteiger partial charge in [-0.25, -0.2) is 0 Å². The van der Waals surface area contributed by atoms with Gasteiger partial charge in [0.05, 0.1) is 0 Å². The van der Waals surface area contributed by atoms with Gasteiger partial charge in [-0.1, -0.05) is 40.5 Å². The molecule has 0 aliphatic heterocycles. The Labute approximate surface area is 127 Å². The van der Waals surface area contributed by atoms with Crippen LogP contribution in [-0.2, 0) is 0 Å². The zero-order chi connectivity index (χ0) is 15.0. The van der Waals surface area contributed by atoms with Crippen LogP contribution in [0.3, 0.4) is 0 Å². The Kier molecular flexibility index (Phi) is 8.79. The van der Waals surface area contributed by atoms with Gasteiger partial charge in [-0.3, -0.25) is 0 Å². The van der Waals surface area contributed by atoms with Crippen molar-refractivity contribution in [2.75, 3.05) is 19.6 Å². The third-order valence-corrected chi connectivity index (χ3v) is 4.80. The first-order chi connectivity index (χ1) is 9.52. The molecule has 0 aromatic rings. The summed E-state index contributed by atoms with van der Waals surface area (Å²) in [5.74, 6) is 2.32. The largest absolute Gasteiger partial charge is 0.330 e. The van der Waals surface area contributed by atoms with Gasteiger partial charge in [0.15, 0.2) is 0 Å². The lowest BCUT2D eigenvalue weighted by Gasteiger charge is -2.31. The summed E-state index contributed by atoms with van der Waals surface area (Å²) in [6, 6.07) is 0.867. The minimum absolute atomic E-state index is 0.720. The van der Waals surface area contributed by atoms with Crippen molar-refractivity contribution in [3.63, 3.8) is 0 Å². The highest BCUT2D eigenvalue weighted by atomic mass is 15.2. The first-order valence-electron chi connectivity index (χ1n) is 8.97. The van der Waals surface area contributed by atoms with E-state index in [2.05, 4.69) is 32.6 Å². The quantitative estimate of drug-likeness (QED) is 0.647. The van der Waals surface area contributed by atoms with Crippen LogP contribution in [0.4, 0.5) is 0 Å². The lowest BCUT2D eigenvalue weighted by molar-refractivity contribution is 0.172. The van der Waals surface area contributed by atoms with Crippen molar-refractivity contribution in [3.05, 3.63) is 0 Å². The molecule has 0 amide bonds. The molecule has 0 bridgehead atoms. The van der Waals surface area contributed by atoms with E-state index in [1.54, 1.807) is 0 Å². The Balaban J connectivity index is 2.41. The van der Waals surface area contributed by atoms with Crippen molar-refractivity contribution in [3.8, 4) is 0 Å². The van der Waals surface area contributed by atoms with Crippen LogP contribution < -0.4 is 5.73 Å². The van der Waals surface area contributed by atoms with Gasteiger partial charge in [-0.2, -0.15) is 0 Å². The maximum atomic E-state index is 5.96. The molecule has 1 atom stereocenters. The average Bonchev–Trinajstić information content (AvgIpc) is 2.90. The van der Waals surface area contributed by atoms with E-state index in [-0.39, 0.29) is 0 Å². The van der Waals surface area contributed by atoms with Crippen LogP contribution >= 0.6 is 0 Å². The average molecular weight is 283 g/mol. The van der Waals surface area contributed by atoms with Crippen molar-refractivity contribution in [2.45, 2.75) is 78.7 Å². The first kappa shape index (κ1) is 18.0. The Morgan fingerprint density at radius 2 is 1.55 bits per heavy atom. The van der Waals surface area contributed by atoms with Crippen molar-refractivity contribution < 1.29 is 0 Å². The third kappa shape index (κ3) is 7.08. The van der Waals surface area contributed by atoms with Crippen LogP contribution in [0.2, 0.25) is 0 Å². The lowest BCUT2D eigenvalue weighted by atomic mass is 9.93. The number of hydrogen-bond acceptors (Lipinski definition) is 2. The molecular weight excluding hydrogens is 244 g/mol. The molecule has 1 aliphatic carbocycles. The number of nitrogens with two attached hydrogens (primary N) is 1. The minimum Gasteiger partial charge on any atom is -0.330 e. The molecule has 2 heteroatoms. The number of rotatable bonds is 10. The molecule has 0 aromatic carbocycles. The molecule has 120 valence electrons. The molecule has 1 unspecified atom stereocenters. The molecule has 0 saturated heterocycles. The second-order valence-corrected chi connectivity index (χ2v) is 7.68. The van der Waals surface area contributed by atoms with Crippen LogP contribution in [0, 0.1) is 17.8 Å². The Hall–Kier alpha value is -0.0800. The van der Waals surface area contributed by atoms with E-state index in [0.717, 1.165) is 30.3 Å². The summed E-state index contributed by atoms with van der Waals surface area (Å²) in [7, 11) is 0. The highest BCUT2D eigenvalue weighted by molar-refractivity contribution is 4.78. The predicted octanol–water partition coefficient (Wildman–Crippen LogP) is 4.29. The molecule has 0 aromatic heterocycles. The minimum atomic E-state index is 0.720. The molecule has 1 aliphatic rings. The van der Waals surface area contributed by atoms with E-state index >= 15 is 0 Å². The van der Waals surface area contributed by atoms with Gasteiger partial charge in [-0.15, -0.1) is 0 Å². The fourth-order valence-electron chi connectivity index (χ4n) is 3.52. The van der Waals surface area contributed by atoms with Crippen LogP contribution in [0.25, 0.3) is 0 Å². The van der Waals surface area contributed by atoms with E-state index < -0.39 is 0 Å². The van der Waals surface area contributed by atoms with Crippen LogP contribution in [0.5, 0.6) is 0 Å². The van der Waals surface area contributed by atoms with Gasteiger partial charge < -0.3 is 10.6 Å². The van der Waals surface area contributed by atoms with Crippen molar-refractivity contribution in [2.24, 2.45) is 23.5 Å². The van der Waals surface area contributed by atoms with Gasteiger partial charge in [0, 0.05) is 6.04 Å². The van der Waals surface area contributed by atoms with E-state index in [1.807, 2.05) is 0 Å². The lowest BCUT2D eigenvalue weighted by Crippen LogP contribution is -2.37. The zero-order valence-electron chi connectivity index (χ0n) is 14.4. The maximum absolute atomic E-state index is 5.96. The highest BCUT2D eigenvalue weighted by Crippen LogP contribution is 2.25. The standard InChI is InChI=1S/C18H38N2/c1-15(2)9-11-20(18-7-5-6-8-18)12-10-17(14-19)13-16(3)4/h15-18H,5-14,19H2,1-4H3. The molecule has 1 rings (SSSR count). The number of nitrogens with zero attached hydrogens (tertiary/aromatic N) is 1. The van der Waals surface area contributed by atoms with E-state index in [9.17, 15) is 0 Å². The highest BCUT2D eigenvalue weighted by Gasteiger charge is 2.23. The van der Waals surface area contributed by atoms with Gasteiger partial charge in [0.1, 0.15) is 0 Å². The second kappa shape index (κ2) is 9.78. The summed E-state index contributed by atoms with van der Waals surface area (Å²) in [5.41, 5.74) is 5.96. The molecule has 2 N–H and O–H groups in total. The predicted molar refractivity (Wildman–Crippen MR) is 89.9 cm³/mol. The van der Waals surface area contributed by atoms with Gasteiger partial charge in [-0.05, 0) is 69.5 Å². The van der Waals surface area contributed by atoms with Gasteiger partial charge in [0.2, 0.25) is 0 Å². The summed E-state index contributed by atoms with van der Waals surface area (Å²) >= 11 is 0. The normalized spacial score (nSPS) is 18.6. The Morgan fingerprint density at radius 1 is 0.950 bits per heavy atom. The molecule has 2 nitrogen and oxygen atoms in total. The van der Waals surface area contributed by atoms with E-state index in [4.69, 9.17) is 5.73 Å². The zero-order valence-corrected chi connectivity index (χ0v) is 14.4. The fraction of sp³-hybridized carbons (Fsp3) is 1.00. The van der Waals surface area contributed by atoms with Crippen LogP contribution in [0.15, 0.2) is 0 Å². The monoisotopic (exact) mass is 282 g/mol. The van der Waals surface area contributed by atoms with Crippen LogP contribution in [-0.4, -0.2) is 30.6 Å². The second-order valence-electron chi connectivity index (χ2n) is 7.68. The third-order valence-electron chi connectivity index (χ3n) is 4.80. The van der Waals surface area contributed by atoms with Crippen molar-refractivity contribution in [1.82, 2.24) is 4.90 Å². The van der Waals surface area contributed by atoms with Crippen molar-refractivity contribution in [1.29, 1.82) is 0 Å². The number of hydrogen-bond donors (Lipinski definition) is 1. The summed E-state index contributed by atoms with van der Waals surface area (Å²) in [5, 5.41) is 0. The Bertz CT molecular complexity index is 232. The first-order valence-corrected chi connectivity index (χ1v) is 8.97. The van der Waals surface area contributed by atoms with Gasteiger partial charge >= 0.3 is 0 Å². The van der Waals surface area contributed by atoms with Crippen LogP contribution in [0.1, 0.15) is 72.6 Å². The summed E-state index contributed by atoms with van der Waals surface area (Å²) in [4.78, 5) is 2.79. The molecule has 20 heavy (non-hydrogen) atoms. The van der Waals surface area contributed by atoms with E-state index in [0.29, 0.717) is 0 Å². The fourth-order valence-corrected chi connectivity index (χ4v) is 3.52. The molecular formula is C18H38N2. The van der Waals surface area contributed by atoms with Gasteiger partial charge in [0.25, 0.3) is 0 Å². The summed E-state index contributed by atoms with van der Waals surface area (Å²) in [6.07, 6.45) is 9.66. The molecule has 1 saturated carbocycles. The molecule has 1 fully saturated rings. The smallest absolute Gasteiger partial charge is 0.00952 e. The molecule has 0 spiro atoms. The SMILES string of the molecule is CC(C)CCN(CCC(CN)CC(C)C)C1CCCC1.